The van der Waals surface area contributed by atoms with Gasteiger partial charge >= 0.3 is 0 Å². The number of carbonyl (C=O) groups is 1. The number of phenols is 1. The van der Waals surface area contributed by atoms with Gasteiger partial charge in [0.05, 0.1) is 7.11 Å². The number of nitrogens with zero attached hydrogens (tertiary/aromatic N) is 1. The van der Waals surface area contributed by atoms with Gasteiger partial charge in [0.1, 0.15) is 11.5 Å². The summed E-state index contributed by atoms with van der Waals surface area (Å²) < 4.78 is 5.22. The molecule has 1 aliphatic rings. The van der Waals surface area contributed by atoms with Gasteiger partial charge in [-0.15, -0.1) is 0 Å². The molecule has 2 aromatic rings. The van der Waals surface area contributed by atoms with Crippen molar-refractivity contribution < 1.29 is 14.6 Å². The topological polar surface area (TPSA) is 49.8 Å². The smallest absolute Gasteiger partial charge is 0.167 e. The Kier molecular flexibility index (Phi) is 5.16. The molecule has 0 aromatic heterocycles. The van der Waals surface area contributed by atoms with Crippen LogP contribution in [0.1, 0.15) is 28.8 Å². The third-order valence-corrected chi connectivity index (χ3v) is 4.57. The van der Waals surface area contributed by atoms with E-state index in [2.05, 4.69) is 4.90 Å². The molecular weight excluding hydrogens is 302 g/mol. The summed E-state index contributed by atoms with van der Waals surface area (Å²) in [6.07, 6.45) is 1.96. The maximum Gasteiger partial charge on any atom is 0.167 e. The van der Waals surface area contributed by atoms with Gasteiger partial charge in [0.2, 0.25) is 0 Å². The molecule has 0 spiro atoms. The Morgan fingerprint density at radius 1 is 1.25 bits per heavy atom. The van der Waals surface area contributed by atoms with Gasteiger partial charge in [0.15, 0.2) is 5.78 Å². The van der Waals surface area contributed by atoms with Gasteiger partial charge in [-0.25, -0.2) is 0 Å². The first-order valence-corrected chi connectivity index (χ1v) is 8.34. The van der Waals surface area contributed by atoms with E-state index in [9.17, 15) is 9.90 Å². The third-order valence-electron chi connectivity index (χ3n) is 4.57. The number of carbonyl (C=O) groups excluding carboxylic acids is 1. The minimum atomic E-state index is 0.0305. The standard InChI is InChI=1S/C20H23NO3/c1-24-19-6-2-4-16(12-19)20(23)17-5-3-11-21(14-17)13-15-7-9-18(22)10-8-15/h2,4,6-10,12,17,22H,3,5,11,13-14H2,1H3. The molecule has 3 rings (SSSR count). The zero-order valence-electron chi connectivity index (χ0n) is 13.9. The van der Waals surface area contributed by atoms with Gasteiger partial charge in [0.25, 0.3) is 0 Å². The predicted molar refractivity (Wildman–Crippen MR) is 93.4 cm³/mol. The number of ketones is 1. The number of hydrogen-bond acceptors (Lipinski definition) is 4. The maximum absolute atomic E-state index is 12.8. The molecule has 1 fully saturated rings. The number of ether oxygens (including phenoxy) is 1. The zero-order valence-corrected chi connectivity index (χ0v) is 13.9. The monoisotopic (exact) mass is 325 g/mol. The highest BCUT2D eigenvalue weighted by molar-refractivity contribution is 5.98. The molecule has 4 heteroatoms. The van der Waals surface area contributed by atoms with Crippen molar-refractivity contribution in [2.24, 2.45) is 5.92 Å². The van der Waals surface area contributed by atoms with Crippen molar-refractivity contribution in [1.29, 1.82) is 0 Å². The molecule has 24 heavy (non-hydrogen) atoms. The van der Waals surface area contributed by atoms with Crippen molar-refractivity contribution in [3.63, 3.8) is 0 Å². The van der Waals surface area contributed by atoms with Gasteiger partial charge < -0.3 is 9.84 Å². The molecule has 0 amide bonds. The number of phenolic OH excluding ortho intramolecular Hbond substituents is 1. The summed E-state index contributed by atoms with van der Waals surface area (Å²) in [6, 6.07) is 14.7. The van der Waals surface area contributed by atoms with Crippen molar-refractivity contribution >= 4 is 5.78 Å². The summed E-state index contributed by atoms with van der Waals surface area (Å²) in [5.74, 6) is 1.23. The second-order valence-electron chi connectivity index (χ2n) is 6.34. The highest BCUT2D eigenvalue weighted by Crippen LogP contribution is 2.24. The van der Waals surface area contributed by atoms with Crippen LogP contribution in [0.3, 0.4) is 0 Å². The van der Waals surface area contributed by atoms with Gasteiger partial charge in [-0.3, -0.25) is 9.69 Å². The molecule has 1 atom stereocenters. The lowest BCUT2D eigenvalue weighted by molar-refractivity contribution is 0.0811. The molecule has 0 bridgehead atoms. The van der Waals surface area contributed by atoms with E-state index < -0.39 is 0 Å². The van der Waals surface area contributed by atoms with Crippen molar-refractivity contribution in [3.05, 3.63) is 59.7 Å². The summed E-state index contributed by atoms with van der Waals surface area (Å²) in [7, 11) is 1.61. The molecule has 4 nitrogen and oxygen atoms in total. The average Bonchev–Trinajstić information content (AvgIpc) is 2.63. The SMILES string of the molecule is COc1cccc(C(=O)C2CCCN(Cc3ccc(O)cc3)C2)c1. The van der Waals surface area contributed by atoms with Crippen LogP contribution in [0, 0.1) is 5.92 Å². The second kappa shape index (κ2) is 7.49. The van der Waals surface area contributed by atoms with Gasteiger partial charge in [-0.05, 0) is 49.2 Å². The predicted octanol–water partition coefficient (Wildman–Crippen LogP) is 3.50. The first kappa shape index (κ1) is 16.5. The van der Waals surface area contributed by atoms with Crippen LogP contribution in [0.5, 0.6) is 11.5 Å². The van der Waals surface area contributed by atoms with Crippen molar-refractivity contribution in [1.82, 2.24) is 4.90 Å². The zero-order chi connectivity index (χ0) is 16.9. The Balaban J connectivity index is 1.66. The van der Waals surface area contributed by atoms with Gasteiger partial charge in [0, 0.05) is 24.6 Å². The number of hydrogen-bond donors (Lipinski definition) is 1. The van der Waals surface area contributed by atoms with Crippen LogP contribution in [-0.4, -0.2) is 36.0 Å². The fourth-order valence-electron chi connectivity index (χ4n) is 3.28. The van der Waals surface area contributed by atoms with Crippen LogP contribution < -0.4 is 4.74 Å². The molecule has 0 aliphatic carbocycles. The molecule has 0 saturated carbocycles. The number of likely N-dealkylation sites (tertiary alicyclic amines) is 1. The minimum absolute atomic E-state index is 0.0305. The van der Waals surface area contributed by atoms with Crippen molar-refractivity contribution in [2.45, 2.75) is 19.4 Å². The lowest BCUT2D eigenvalue weighted by atomic mass is 9.89. The Hall–Kier alpha value is -2.33. The molecule has 126 valence electrons. The van der Waals surface area contributed by atoms with Crippen molar-refractivity contribution in [2.75, 3.05) is 20.2 Å². The van der Waals surface area contributed by atoms with E-state index in [1.165, 1.54) is 0 Å². The van der Waals surface area contributed by atoms with Gasteiger partial charge in [-0.1, -0.05) is 24.3 Å². The summed E-state index contributed by atoms with van der Waals surface area (Å²) in [4.78, 5) is 15.1. The molecule has 1 heterocycles. The first-order chi connectivity index (χ1) is 11.7. The van der Waals surface area contributed by atoms with E-state index in [0.717, 1.165) is 49.4 Å². The molecule has 1 aliphatic heterocycles. The third kappa shape index (κ3) is 3.95. The Morgan fingerprint density at radius 2 is 2.04 bits per heavy atom. The summed E-state index contributed by atoms with van der Waals surface area (Å²) in [5.41, 5.74) is 1.88. The van der Waals surface area contributed by atoms with E-state index in [1.54, 1.807) is 19.2 Å². The van der Waals surface area contributed by atoms with Crippen LogP contribution in [0.15, 0.2) is 48.5 Å². The van der Waals surface area contributed by atoms with Crippen LogP contribution in [-0.2, 0) is 6.54 Å². The van der Waals surface area contributed by atoms with Crippen molar-refractivity contribution in [3.8, 4) is 11.5 Å². The number of piperidine rings is 1. The van der Waals surface area contributed by atoms with Crippen LogP contribution in [0.4, 0.5) is 0 Å². The number of Topliss-reactive ketones (excluding diaryl/α,β-unsaturated/α-hetero) is 1. The van der Waals surface area contributed by atoms with E-state index in [-0.39, 0.29) is 17.5 Å². The van der Waals surface area contributed by atoms with Gasteiger partial charge in [-0.2, -0.15) is 0 Å². The molecule has 0 radical (unpaired) electrons. The first-order valence-electron chi connectivity index (χ1n) is 8.34. The molecule has 1 unspecified atom stereocenters. The fourth-order valence-corrected chi connectivity index (χ4v) is 3.28. The average molecular weight is 325 g/mol. The minimum Gasteiger partial charge on any atom is -0.508 e. The lowest BCUT2D eigenvalue weighted by Crippen LogP contribution is -2.38. The Labute approximate surface area is 142 Å². The van der Waals surface area contributed by atoms with Crippen LogP contribution in [0.2, 0.25) is 0 Å². The molecule has 1 saturated heterocycles. The number of rotatable bonds is 5. The summed E-state index contributed by atoms with van der Waals surface area (Å²) in [6.45, 7) is 2.59. The number of methoxy groups -OCH3 is 1. The van der Waals surface area contributed by atoms with E-state index in [0.29, 0.717) is 0 Å². The quantitative estimate of drug-likeness (QED) is 0.855. The van der Waals surface area contributed by atoms with Crippen LogP contribution in [0.25, 0.3) is 0 Å². The highest BCUT2D eigenvalue weighted by atomic mass is 16.5. The fraction of sp³-hybridized carbons (Fsp3) is 0.350. The van der Waals surface area contributed by atoms with E-state index in [1.807, 2.05) is 36.4 Å². The Bertz CT molecular complexity index is 696. The maximum atomic E-state index is 12.8. The summed E-state index contributed by atoms with van der Waals surface area (Å²) >= 11 is 0. The molecular formula is C20H23NO3. The largest absolute Gasteiger partial charge is 0.508 e. The number of aromatic hydroxyl groups is 1. The normalized spacial score (nSPS) is 18.3. The molecule has 1 N–H and O–H groups in total. The number of benzene rings is 2. The Morgan fingerprint density at radius 3 is 2.79 bits per heavy atom. The lowest BCUT2D eigenvalue weighted by Gasteiger charge is -2.32. The molecule has 2 aromatic carbocycles. The van der Waals surface area contributed by atoms with Crippen LogP contribution >= 0.6 is 0 Å². The van der Waals surface area contributed by atoms with E-state index >= 15 is 0 Å². The second-order valence-corrected chi connectivity index (χ2v) is 6.34. The highest BCUT2D eigenvalue weighted by Gasteiger charge is 2.26. The van der Waals surface area contributed by atoms with E-state index in [4.69, 9.17) is 4.74 Å². The summed E-state index contributed by atoms with van der Waals surface area (Å²) in [5, 5.41) is 9.38.